The van der Waals surface area contributed by atoms with E-state index in [4.69, 9.17) is 4.74 Å². The predicted octanol–water partition coefficient (Wildman–Crippen LogP) is 25.6. The Balaban J connectivity index is 3.36. The summed E-state index contributed by atoms with van der Waals surface area (Å²) in [6, 6.07) is -0.626. The van der Waals surface area contributed by atoms with Crippen molar-refractivity contribution >= 4 is 11.9 Å². The summed E-state index contributed by atoms with van der Waals surface area (Å²) in [5.41, 5.74) is 0. The van der Waals surface area contributed by atoms with E-state index >= 15 is 0 Å². The van der Waals surface area contributed by atoms with Gasteiger partial charge in [-0.15, -0.1) is 0 Å². The Hall–Kier alpha value is -2.18. The van der Waals surface area contributed by atoms with E-state index in [9.17, 15) is 19.8 Å². The van der Waals surface area contributed by atoms with Crippen molar-refractivity contribution in [3.63, 3.8) is 0 Å². The molecule has 0 aromatic carbocycles. The molecule has 0 radical (unpaired) electrons. The zero-order chi connectivity index (χ0) is 62.0. The molecule has 6 heteroatoms. The van der Waals surface area contributed by atoms with Gasteiger partial charge in [0.1, 0.15) is 0 Å². The van der Waals surface area contributed by atoms with Gasteiger partial charge in [-0.05, 0) is 83.5 Å². The molecule has 0 saturated carbocycles. The summed E-state index contributed by atoms with van der Waals surface area (Å²) in [6.45, 7) is 4.87. The van der Waals surface area contributed by atoms with E-state index < -0.39 is 12.1 Å². The highest BCUT2D eigenvalue weighted by atomic mass is 16.5. The van der Waals surface area contributed by atoms with Gasteiger partial charge in [0.2, 0.25) is 5.91 Å². The van der Waals surface area contributed by atoms with E-state index in [-0.39, 0.29) is 18.5 Å². The van der Waals surface area contributed by atoms with Crippen LogP contribution in [-0.4, -0.2) is 47.4 Å². The molecule has 0 rings (SSSR count). The summed E-state index contributed by atoms with van der Waals surface area (Å²) in [7, 11) is 0. The molecule has 3 N–H and O–H groups in total. The second-order valence-corrected chi connectivity index (χ2v) is 26.7. The van der Waals surface area contributed by atoms with Gasteiger partial charge >= 0.3 is 5.97 Å². The first-order valence-electron chi connectivity index (χ1n) is 38.9. The largest absolute Gasteiger partial charge is 0.466 e. The lowest BCUT2D eigenvalue weighted by atomic mass is 10.0. The maximum atomic E-state index is 12.5. The minimum Gasteiger partial charge on any atom is -0.466 e. The standard InChI is InChI=1S/C80H151NO5/c1-3-5-7-9-11-13-15-17-18-19-39-42-45-49-52-56-60-64-68-72-78(83)77(76-82)81-79(84)73-69-65-61-57-53-50-46-43-40-37-35-33-31-29-27-25-23-21-20-22-24-26-28-30-32-34-36-38-41-44-47-51-55-59-63-67-71-75-86-80(85)74-70-66-62-58-54-48-16-14-12-10-8-6-4-2/h8,10,14,16,20,22,68,72,77-78,82-83H,3-7,9,11-13,15,17-19,21,23-67,69-71,73-76H2,1-2H3,(H,81,84)/b10-8-,16-14-,22-20-,72-68+. The van der Waals surface area contributed by atoms with Crippen molar-refractivity contribution in [2.24, 2.45) is 0 Å². The summed E-state index contributed by atoms with van der Waals surface area (Å²) < 4.78 is 5.48. The van der Waals surface area contributed by atoms with E-state index in [1.807, 2.05) is 6.08 Å². The molecule has 1 amide bonds. The third-order valence-electron chi connectivity index (χ3n) is 18.0. The maximum absolute atomic E-state index is 12.5. The highest BCUT2D eigenvalue weighted by Crippen LogP contribution is 2.19. The van der Waals surface area contributed by atoms with Crippen LogP contribution in [0.5, 0.6) is 0 Å². The Bertz CT molecular complexity index is 1440. The average molecular weight is 1210 g/mol. The van der Waals surface area contributed by atoms with Crippen molar-refractivity contribution in [2.75, 3.05) is 13.2 Å². The van der Waals surface area contributed by atoms with E-state index in [1.165, 1.54) is 347 Å². The number of esters is 1. The fourth-order valence-corrected chi connectivity index (χ4v) is 12.1. The monoisotopic (exact) mass is 1210 g/mol. The SMILES string of the molecule is CCC/C=C\C/C=C\CCCCCCCC(=O)OCCCCCCCCCCCCCCCCCC/C=C\CCCCCCCCCCCCCCCCCCCC(=O)NC(CO)C(O)/C=C/CCCCCCCCCCCCCCCCCCC. The van der Waals surface area contributed by atoms with Crippen LogP contribution >= 0.6 is 0 Å². The lowest BCUT2D eigenvalue weighted by Gasteiger charge is -2.20. The number of carbonyl (C=O) groups is 2. The summed E-state index contributed by atoms with van der Waals surface area (Å²) >= 11 is 0. The zero-order valence-electron chi connectivity index (χ0n) is 58.1. The molecule has 0 aliphatic rings. The van der Waals surface area contributed by atoms with Crippen molar-refractivity contribution in [2.45, 2.75) is 437 Å². The number of aliphatic hydroxyl groups excluding tert-OH is 2. The molecule has 2 unspecified atom stereocenters. The fraction of sp³-hybridized carbons (Fsp3) is 0.875. The molecule has 6 nitrogen and oxygen atoms in total. The molecule has 0 bridgehead atoms. The summed E-state index contributed by atoms with van der Waals surface area (Å²) in [4.78, 5) is 24.6. The highest BCUT2D eigenvalue weighted by molar-refractivity contribution is 5.76. The van der Waals surface area contributed by atoms with Gasteiger partial charge in [0, 0.05) is 12.8 Å². The van der Waals surface area contributed by atoms with Gasteiger partial charge in [0.15, 0.2) is 0 Å². The van der Waals surface area contributed by atoms with Gasteiger partial charge in [0.05, 0.1) is 25.4 Å². The molecule has 0 spiro atoms. The third-order valence-corrected chi connectivity index (χ3v) is 18.0. The number of hydrogen-bond donors (Lipinski definition) is 3. The van der Waals surface area contributed by atoms with Crippen molar-refractivity contribution in [3.05, 3.63) is 48.6 Å². The highest BCUT2D eigenvalue weighted by Gasteiger charge is 2.18. The molecule has 0 saturated heterocycles. The molecule has 0 fully saturated rings. The Morgan fingerprint density at radius 1 is 0.326 bits per heavy atom. The van der Waals surface area contributed by atoms with Gasteiger partial charge in [-0.1, -0.05) is 377 Å². The van der Waals surface area contributed by atoms with Gasteiger partial charge in [0.25, 0.3) is 0 Å². The molecule has 2 atom stereocenters. The van der Waals surface area contributed by atoms with Crippen molar-refractivity contribution < 1.29 is 24.5 Å². The molecular formula is C80H151NO5. The number of rotatable bonds is 73. The Morgan fingerprint density at radius 2 is 0.605 bits per heavy atom. The first kappa shape index (κ1) is 83.8. The topological polar surface area (TPSA) is 95.9 Å². The number of aliphatic hydroxyl groups is 2. The number of hydrogen-bond acceptors (Lipinski definition) is 5. The summed E-state index contributed by atoms with van der Waals surface area (Å²) in [5, 5.41) is 23.3. The van der Waals surface area contributed by atoms with E-state index in [0.717, 1.165) is 51.4 Å². The minimum absolute atomic E-state index is 0.00604. The number of carbonyl (C=O) groups excluding carboxylic acids is 2. The van der Waals surface area contributed by atoms with E-state index in [2.05, 4.69) is 55.6 Å². The number of nitrogens with one attached hydrogen (secondary N) is 1. The van der Waals surface area contributed by atoms with Crippen molar-refractivity contribution in [3.8, 4) is 0 Å². The number of ether oxygens (including phenoxy) is 1. The van der Waals surface area contributed by atoms with Crippen molar-refractivity contribution in [1.29, 1.82) is 0 Å². The van der Waals surface area contributed by atoms with Gasteiger partial charge in [-0.2, -0.15) is 0 Å². The third kappa shape index (κ3) is 70.9. The van der Waals surface area contributed by atoms with Crippen LogP contribution < -0.4 is 5.32 Å². The summed E-state index contributed by atoms with van der Waals surface area (Å²) in [5.74, 6) is -0.0543. The average Bonchev–Trinajstić information content (AvgIpc) is 3.55. The zero-order valence-corrected chi connectivity index (χ0v) is 58.1. The van der Waals surface area contributed by atoms with Crippen LogP contribution in [0.4, 0.5) is 0 Å². The Labute approximate surface area is 537 Å². The molecule has 86 heavy (non-hydrogen) atoms. The second kappa shape index (κ2) is 75.3. The van der Waals surface area contributed by atoms with E-state index in [0.29, 0.717) is 19.4 Å². The quantitative estimate of drug-likeness (QED) is 0.0320. The first-order valence-corrected chi connectivity index (χ1v) is 38.9. The number of allylic oxidation sites excluding steroid dienone is 7. The number of amides is 1. The molecule has 0 aromatic heterocycles. The van der Waals surface area contributed by atoms with Crippen LogP contribution in [0.3, 0.4) is 0 Å². The maximum Gasteiger partial charge on any atom is 0.305 e. The molecule has 506 valence electrons. The molecule has 0 aliphatic heterocycles. The van der Waals surface area contributed by atoms with Gasteiger partial charge < -0.3 is 20.3 Å². The lowest BCUT2D eigenvalue weighted by Crippen LogP contribution is -2.45. The smallest absolute Gasteiger partial charge is 0.305 e. The first-order chi connectivity index (χ1) is 42.5. The van der Waals surface area contributed by atoms with E-state index in [1.54, 1.807) is 6.08 Å². The van der Waals surface area contributed by atoms with Crippen molar-refractivity contribution in [1.82, 2.24) is 5.32 Å². The van der Waals surface area contributed by atoms with Gasteiger partial charge in [-0.25, -0.2) is 0 Å². The van der Waals surface area contributed by atoms with Crippen LogP contribution in [0.25, 0.3) is 0 Å². The van der Waals surface area contributed by atoms with Crippen LogP contribution in [0, 0.1) is 0 Å². The lowest BCUT2D eigenvalue weighted by molar-refractivity contribution is -0.143. The fourth-order valence-electron chi connectivity index (χ4n) is 12.1. The second-order valence-electron chi connectivity index (χ2n) is 26.7. The molecular weight excluding hydrogens is 1050 g/mol. The predicted molar refractivity (Wildman–Crippen MR) is 379 cm³/mol. The van der Waals surface area contributed by atoms with Crippen LogP contribution in [0.2, 0.25) is 0 Å². The minimum atomic E-state index is -0.843. The van der Waals surface area contributed by atoms with Crippen LogP contribution in [0.15, 0.2) is 48.6 Å². The normalized spacial score (nSPS) is 12.7. The van der Waals surface area contributed by atoms with Crippen LogP contribution in [0.1, 0.15) is 425 Å². The Kier molecular flexibility index (Phi) is 73.4. The van der Waals surface area contributed by atoms with Crippen LogP contribution in [-0.2, 0) is 14.3 Å². The number of unbranched alkanes of at least 4 members (excludes halogenated alkanes) is 56. The Morgan fingerprint density at radius 3 is 0.942 bits per heavy atom. The van der Waals surface area contributed by atoms with Gasteiger partial charge in [-0.3, -0.25) is 9.59 Å². The molecule has 0 aromatic rings. The summed E-state index contributed by atoms with van der Waals surface area (Å²) in [6.07, 6.45) is 99.5. The molecule has 0 aliphatic carbocycles. The molecule has 0 heterocycles.